The molecule has 8 heteroatoms. The second kappa shape index (κ2) is 7.08. The van der Waals surface area contributed by atoms with E-state index < -0.39 is 0 Å². The molecule has 1 aliphatic heterocycles. The minimum atomic E-state index is -0.175. The lowest BCUT2D eigenvalue weighted by Crippen LogP contribution is -2.48. The van der Waals surface area contributed by atoms with Gasteiger partial charge in [0.15, 0.2) is 0 Å². The summed E-state index contributed by atoms with van der Waals surface area (Å²) in [5.41, 5.74) is 1.35. The van der Waals surface area contributed by atoms with Crippen molar-refractivity contribution in [3.8, 4) is 0 Å². The van der Waals surface area contributed by atoms with E-state index in [1.165, 1.54) is 6.20 Å². The largest absolute Gasteiger partial charge is 0.361 e. The molecule has 25 heavy (non-hydrogen) atoms. The van der Waals surface area contributed by atoms with Crippen LogP contribution < -0.4 is 15.1 Å². The molecule has 0 aliphatic carbocycles. The van der Waals surface area contributed by atoms with E-state index in [1.54, 1.807) is 6.20 Å². The number of carbonyl (C=O) groups is 1. The van der Waals surface area contributed by atoms with Crippen LogP contribution in [0.5, 0.6) is 0 Å². The minimum Gasteiger partial charge on any atom is -0.361 e. The molecule has 1 N–H and O–H groups in total. The van der Waals surface area contributed by atoms with Gasteiger partial charge in [0.1, 0.15) is 17.3 Å². The van der Waals surface area contributed by atoms with Gasteiger partial charge in [-0.05, 0) is 19.8 Å². The van der Waals surface area contributed by atoms with E-state index in [0.717, 1.165) is 43.3 Å². The lowest BCUT2D eigenvalue weighted by molar-refractivity contribution is 0.0927. The molecule has 1 unspecified atom stereocenters. The molecule has 1 atom stereocenters. The average Bonchev–Trinajstić information content (AvgIpc) is 2.93. The van der Waals surface area contributed by atoms with Crippen molar-refractivity contribution in [2.75, 3.05) is 37.0 Å². The number of anilines is 2. The van der Waals surface area contributed by atoms with Crippen LogP contribution in [0.25, 0.3) is 0 Å². The van der Waals surface area contributed by atoms with Crippen molar-refractivity contribution >= 4 is 17.5 Å². The van der Waals surface area contributed by atoms with Crippen LogP contribution in [-0.4, -0.2) is 58.9 Å². The first-order chi connectivity index (χ1) is 11.9. The van der Waals surface area contributed by atoms with Crippen LogP contribution in [0.4, 0.5) is 11.6 Å². The molecular weight excluding hydrogens is 318 g/mol. The number of nitrogens with one attached hydrogen (secondary N) is 1. The highest BCUT2D eigenvalue weighted by molar-refractivity contribution is 5.92. The first-order valence-corrected chi connectivity index (χ1v) is 8.50. The van der Waals surface area contributed by atoms with Crippen LogP contribution in [0.1, 0.15) is 29.0 Å². The molecule has 0 radical (unpaired) electrons. The average molecular weight is 343 g/mol. The summed E-state index contributed by atoms with van der Waals surface area (Å²) in [6, 6.07) is 2.17. The quantitative estimate of drug-likeness (QED) is 0.892. The third kappa shape index (κ3) is 3.89. The van der Waals surface area contributed by atoms with Crippen molar-refractivity contribution in [1.29, 1.82) is 0 Å². The van der Waals surface area contributed by atoms with Gasteiger partial charge in [0.2, 0.25) is 0 Å². The Morgan fingerprint density at radius 2 is 2.12 bits per heavy atom. The Morgan fingerprint density at radius 1 is 1.32 bits per heavy atom. The van der Waals surface area contributed by atoms with E-state index in [9.17, 15) is 4.79 Å². The maximum atomic E-state index is 12.4. The van der Waals surface area contributed by atoms with E-state index in [4.69, 9.17) is 0 Å². The van der Waals surface area contributed by atoms with Gasteiger partial charge >= 0.3 is 0 Å². The fourth-order valence-corrected chi connectivity index (χ4v) is 3.12. The summed E-state index contributed by atoms with van der Waals surface area (Å²) < 4.78 is 1.89. The maximum absolute atomic E-state index is 12.4. The number of aromatic nitrogens is 4. The van der Waals surface area contributed by atoms with Crippen LogP contribution in [0.3, 0.4) is 0 Å². The monoisotopic (exact) mass is 343 g/mol. The van der Waals surface area contributed by atoms with E-state index >= 15 is 0 Å². The van der Waals surface area contributed by atoms with Crippen molar-refractivity contribution in [2.24, 2.45) is 7.05 Å². The summed E-state index contributed by atoms with van der Waals surface area (Å²) >= 11 is 0. The predicted molar refractivity (Wildman–Crippen MR) is 97.0 cm³/mol. The van der Waals surface area contributed by atoms with Gasteiger partial charge in [-0.2, -0.15) is 5.10 Å². The highest BCUT2D eigenvalue weighted by atomic mass is 16.2. The van der Waals surface area contributed by atoms with Crippen LogP contribution in [0.2, 0.25) is 0 Å². The summed E-state index contributed by atoms with van der Waals surface area (Å²) in [5, 5.41) is 7.49. The fraction of sp³-hybridized carbons (Fsp3) is 0.529. The van der Waals surface area contributed by atoms with Gasteiger partial charge in [-0.1, -0.05) is 0 Å². The summed E-state index contributed by atoms with van der Waals surface area (Å²) in [6.07, 6.45) is 5.12. The number of aryl methyl sites for hydroxylation is 2. The van der Waals surface area contributed by atoms with E-state index in [1.807, 2.05) is 37.6 Å². The molecule has 3 rings (SSSR count). The molecular formula is C17H25N7O. The number of hydrogen-bond donors (Lipinski definition) is 1. The number of rotatable bonds is 4. The van der Waals surface area contributed by atoms with Gasteiger partial charge in [0.05, 0.1) is 18.1 Å². The smallest absolute Gasteiger partial charge is 0.271 e. The summed E-state index contributed by atoms with van der Waals surface area (Å²) in [4.78, 5) is 25.0. The van der Waals surface area contributed by atoms with Crippen molar-refractivity contribution in [3.05, 3.63) is 29.8 Å². The van der Waals surface area contributed by atoms with Gasteiger partial charge in [0, 0.05) is 46.3 Å². The Morgan fingerprint density at radius 3 is 2.72 bits per heavy atom. The van der Waals surface area contributed by atoms with Crippen LogP contribution in [0, 0.1) is 6.92 Å². The Kier molecular flexibility index (Phi) is 4.87. The number of amides is 1. The van der Waals surface area contributed by atoms with Gasteiger partial charge in [-0.15, -0.1) is 0 Å². The molecule has 3 heterocycles. The van der Waals surface area contributed by atoms with Crippen molar-refractivity contribution in [2.45, 2.75) is 25.8 Å². The first kappa shape index (κ1) is 17.2. The Labute approximate surface area is 147 Å². The van der Waals surface area contributed by atoms with Gasteiger partial charge in [-0.25, -0.2) is 9.97 Å². The van der Waals surface area contributed by atoms with Crippen LogP contribution >= 0.6 is 0 Å². The molecule has 8 nitrogen and oxygen atoms in total. The zero-order valence-electron chi connectivity index (χ0n) is 15.2. The topological polar surface area (TPSA) is 79.2 Å². The molecule has 0 spiro atoms. The van der Waals surface area contributed by atoms with Crippen molar-refractivity contribution in [1.82, 2.24) is 25.1 Å². The van der Waals surface area contributed by atoms with Crippen LogP contribution in [0.15, 0.2) is 18.5 Å². The highest BCUT2D eigenvalue weighted by Crippen LogP contribution is 2.20. The molecule has 1 amide bonds. The Hall–Kier alpha value is -2.64. The number of nitrogens with zero attached hydrogens (tertiary/aromatic N) is 6. The van der Waals surface area contributed by atoms with E-state index in [2.05, 4.69) is 31.3 Å². The SMILES string of the molecule is Cc1cc(N2CCCC(NC(=O)c3cnc(N(C)C)cn3)C2)n(C)n1. The third-order valence-corrected chi connectivity index (χ3v) is 4.39. The minimum absolute atomic E-state index is 0.0896. The summed E-state index contributed by atoms with van der Waals surface area (Å²) in [5.74, 6) is 1.64. The molecule has 1 aliphatic rings. The van der Waals surface area contributed by atoms with Gasteiger partial charge in [-0.3, -0.25) is 9.48 Å². The Balaban J connectivity index is 1.64. The molecule has 0 saturated carbocycles. The molecule has 2 aromatic heterocycles. The molecule has 2 aromatic rings. The van der Waals surface area contributed by atoms with Crippen molar-refractivity contribution in [3.63, 3.8) is 0 Å². The molecule has 134 valence electrons. The summed E-state index contributed by atoms with van der Waals surface area (Å²) in [6.45, 7) is 3.74. The number of piperidine rings is 1. The number of hydrogen-bond acceptors (Lipinski definition) is 6. The molecule has 0 aromatic carbocycles. The predicted octanol–water partition coefficient (Wildman–Crippen LogP) is 0.983. The summed E-state index contributed by atoms with van der Waals surface area (Å²) in [7, 11) is 5.73. The zero-order valence-corrected chi connectivity index (χ0v) is 15.2. The van der Waals surface area contributed by atoms with E-state index in [-0.39, 0.29) is 11.9 Å². The Bertz CT molecular complexity index is 738. The zero-order chi connectivity index (χ0) is 18.0. The third-order valence-electron chi connectivity index (χ3n) is 4.39. The fourth-order valence-electron chi connectivity index (χ4n) is 3.12. The molecule has 0 bridgehead atoms. The lowest BCUT2D eigenvalue weighted by atomic mass is 10.1. The highest BCUT2D eigenvalue weighted by Gasteiger charge is 2.24. The van der Waals surface area contributed by atoms with Gasteiger partial charge in [0.25, 0.3) is 5.91 Å². The second-order valence-corrected chi connectivity index (χ2v) is 6.68. The normalized spacial score (nSPS) is 17.4. The van der Waals surface area contributed by atoms with E-state index in [0.29, 0.717) is 5.69 Å². The second-order valence-electron chi connectivity index (χ2n) is 6.68. The van der Waals surface area contributed by atoms with Gasteiger partial charge < -0.3 is 15.1 Å². The number of carbonyl (C=O) groups excluding carboxylic acids is 1. The maximum Gasteiger partial charge on any atom is 0.271 e. The molecule has 1 fully saturated rings. The molecule has 1 saturated heterocycles. The standard InChI is InChI=1S/C17H25N7O/c1-12-8-16(23(4)21-12)24-7-5-6-13(11-24)20-17(25)14-9-19-15(10-18-14)22(2)3/h8-10,13H,5-7,11H2,1-4H3,(H,20,25). The van der Waals surface area contributed by atoms with Crippen molar-refractivity contribution < 1.29 is 4.79 Å². The lowest BCUT2D eigenvalue weighted by Gasteiger charge is -2.34. The first-order valence-electron chi connectivity index (χ1n) is 8.50. The van der Waals surface area contributed by atoms with Crippen LogP contribution in [-0.2, 0) is 7.05 Å².